The maximum Gasteiger partial charge on any atom is 0.407 e. The fourth-order valence-electron chi connectivity index (χ4n) is 2.24. The summed E-state index contributed by atoms with van der Waals surface area (Å²) in [5, 5.41) is 19.5. The van der Waals surface area contributed by atoms with Gasteiger partial charge in [0.15, 0.2) is 0 Å². The first kappa shape index (κ1) is 18.0. The van der Waals surface area contributed by atoms with Crippen LogP contribution in [0.2, 0.25) is 0 Å². The van der Waals surface area contributed by atoms with Crippen LogP contribution in [-0.4, -0.2) is 40.7 Å². The van der Waals surface area contributed by atoms with Crippen molar-refractivity contribution < 1.29 is 14.6 Å². The van der Waals surface area contributed by atoms with Crippen molar-refractivity contribution in [3.8, 4) is 0 Å². The summed E-state index contributed by atoms with van der Waals surface area (Å²) in [5.41, 5.74) is 1.90. The first-order valence-corrected chi connectivity index (χ1v) is 7.96. The molecule has 0 saturated carbocycles. The summed E-state index contributed by atoms with van der Waals surface area (Å²) < 4.78 is 6.83. The average molecular weight is 332 g/mol. The minimum absolute atomic E-state index is 0.00175. The van der Waals surface area contributed by atoms with Gasteiger partial charge in [-0.3, -0.25) is 4.68 Å². The van der Waals surface area contributed by atoms with Crippen molar-refractivity contribution in [3.05, 3.63) is 53.9 Å². The molecule has 0 radical (unpaired) electrons. The van der Waals surface area contributed by atoms with Gasteiger partial charge in [-0.15, -0.1) is 0 Å². The van der Waals surface area contributed by atoms with E-state index in [-0.39, 0.29) is 19.3 Å². The predicted octanol–water partition coefficient (Wildman–Crippen LogP) is 1.36. The molecule has 2 rings (SSSR count). The smallest absolute Gasteiger partial charge is 0.407 e. The third kappa shape index (κ3) is 6.02. The summed E-state index contributed by atoms with van der Waals surface area (Å²) in [6.07, 6.45) is 3.90. The normalized spacial score (nSPS) is 11.9. The molecule has 1 amide bonds. The molecule has 1 atom stereocenters. The van der Waals surface area contributed by atoms with Crippen LogP contribution in [0.5, 0.6) is 0 Å². The van der Waals surface area contributed by atoms with E-state index in [1.165, 1.54) is 0 Å². The van der Waals surface area contributed by atoms with Crippen molar-refractivity contribution >= 4 is 6.09 Å². The van der Waals surface area contributed by atoms with E-state index in [1.807, 2.05) is 43.6 Å². The van der Waals surface area contributed by atoms with Gasteiger partial charge in [-0.1, -0.05) is 30.3 Å². The Kier molecular flexibility index (Phi) is 7.25. The molecule has 0 fully saturated rings. The van der Waals surface area contributed by atoms with Crippen LogP contribution >= 0.6 is 0 Å². The summed E-state index contributed by atoms with van der Waals surface area (Å²) in [6, 6.07) is 9.39. The second-order valence-electron chi connectivity index (χ2n) is 5.48. The number of carbonyl (C=O) groups is 1. The molecular weight excluding hydrogens is 308 g/mol. The third-order valence-electron chi connectivity index (χ3n) is 3.54. The van der Waals surface area contributed by atoms with Crippen LogP contribution in [0.1, 0.15) is 23.6 Å². The number of nitrogens with one attached hydrogen (secondary N) is 2. The molecule has 0 aliphatic carbocycles. The van der Waals surface area contributed by atoms with Crippen LogP contribution in [0, 0.1) is 0 Å². The van der Waals surface area contributed by atoms with Crippen LogP contribution in [0.25, 0.3) is 0 Å². The summed E-state index contributed by atoms with van der Waals surface area (Å²) in [5.74, 6) is 0. The molecule has 1 aromatic heterocycles. The molecule has 24 heavy (non-hydrogen) atoms. The van der Waals surface area contributed by atoms with E-state index in [2.05, 4.69) is 15.7 Å². The zero-order chi connectivity index (χ0) is 17.2. The van der Waals surface area contributed by atoms with E-state index in [0.717, 1.165) is 17.5 Å². The maximum atomic E-state index is 11.6. The minimum Gasteiger partial charge on any atom is -0.445 e. The number of hydrogen-bond acceptors (Lipinski definition) is 5. The van der Waals surface area contributed by atoms with E-state index in [9.17, 15) is 9.90 Å². The standard InChI is InChI=1S/C17H24N4O3/c1-21-11-15(10-20-21)16(12-22)18-8-5-9-19-17(23)24-13-14-6-3-2-4-7-14/h2-4,6-7,10-11,16,18,22H,5,8-9,12-13H2,1H3,(H,19,23)/t16-/m0/s1. The predicted molar refractivity (Wildman–Crippen MR) is 90.3 cm³/mol. The van der Waals surface area contributed by atoms with E-state index in [1.54, 1.807) is 10.9 Å². The van der Waals surface area contributed by atoms with Gasteiger partial charge in [0.2, 0.25) is 0 Å². The Bertz CT molecular complexity index is 615. The van der Waals surface area contributed by atoms with Crippen molar-refractivity contribution in [3.63, 3.8) is 0 Å². The van der Waals surface area contributed by atoms with E-state index >= 15 is 0 Å². The number of nitrogens with zero attached hydrogens (tertiary/aromatic N) is 2. The van der Waals surface area contributed by atoms with Crippen LogP contribution in [0.15, 0.2) is 42.7 Å². The van der Waals surface area contributed by atoms with Crippen molar-refractivity contribution in [1.82, 2.24) is 20.4 Å². The molecule has 7 nitrogen and oxygen atoms in total. The first-order chi connectivity index (χ1) is 11.7. The summed E-state index contributed by atoms with van der Waals surface area (Å²) in [4.78, 5) is 11.6. The van der Waals surface area contributed by atoms with E-state index in [0.29, 0.717) is 13.1 Å². The average Bonchev–Trinajstić information content (AvgIpc) is 3.03. The first-order valence-electron chi connectivity index (χ1n) is 7.96. The van der Waals surface area contributed by atoms with Gasteiger partial charge < -0.3 is 20.5 Å². The molecular formula is C17H24N4O3. The zero-order valence-corrected chi connectivity index (χ0v) is 13.8. The van der Waals surface area contributed by atoms with Crippen molar-refractivity contribution in [2.75, 3.05) is 19.7 Å². The molecule has 1 aromatic carbocycles. The van der Waals surface area contributed by atoms with Gasteiger partial charge in [-0.2, -0.15) is 5.10 Å². The summed E-state index contributed by atoms with van der Waals surface area (Å²) in [6.45, 7) is 1.43. The van der Waals surface area contributed by atoms with Gasteiger partial charge in [0.25, 0.3) is 0 Å². The molecule has 3 N–H and O–H groups in total. The van der Waals surface area contributed by atoms with E-state index < -0.39 is 6.09 Å². The molecule has 2 aromatic rings. The van der Waals surface area contributed by atoms with Crippen LogP contribution < -0.4 is 10.6 Å². The highest BCUT2D eigenvalue weighted by molar-refractivity contribution is 5.67. The largest absolute Gasteiger partial charge is 0.445 e. The lowest BCUT2D eigenvalue weighted by atomic mass is 10.2. The highest BCUT2D eigenvalue weighted by Crippen LogP contribution is 2.10. The fraction of sp³-hybridized carbons (Fsp3) is 0.412. The molecule has 0 spiro atoms. The number of rotatable bonds is 9. The van der Waals surface area contributed by atoms with Crippen LogP contribution in [0.3, 0.4) is 0 Å². The Balaban J connectivity index is 1.58. The maximum absolute atomic E-state index is 11.6. The van der Waals surface area contributed by atoms with Crippen LogP contribution in [0.4, 0.5) is 4.79 Å². The zero-order valence-electron chi connectivity index (χ0n) is 13.8. The SMILES string of the molecule is Cn1cc([C@H](CO)NCCCNC(=O)OCc2ccccc2)cn1. The Labute approximate surface area is 141 Å². The second kappa shape index (κ2) is 9.69. The van der Waals surface area contributed by atoms with Gasteiger partial charge in [-0.05, 0) is 18.5 Å². The fourth-order valence-corrected chi connectivity index (χ4v) is 2.24. The highest BCUT2D eigenvalue weighted by atomic mass is 16.5. The summed E-state index contributed by atoms with van der Waals surface area (Å²) in [7, 11) is 1.84. The summed E-state index contributed by atoms with van der Waals surface area (Å²) >= 11 is 0. The Morgan fingerprint density at radius 2 is 2.12 bits per heavy atom. The quantitative estimate of drug-likeness (QED) is 0.604. The molecule has 1 heterocycles. The van der Waals surface area contributed by atoms with Gasteiger partial charge in [0.1, 0.15) is 6.61 Å². The van der Waals surface area contributed by atoms with Crippen molar-refractivity contribution in [1.29, 1.82) is 0 Å². The monoisotopic (exact) mass is 332 g/mol. The number of alkyl carbamates (subject to hydrolysis) is 1. The molecule has 0 aliphatic rings. The number of carbonyl (C=O) groups excluding carboxylic acids is 1. The topological polar surface area (TPSA) is 88.4 Å². The number of benzene rings is 1. The number of amides is 1. The van der Waals surface area contributed by atoms with Crippen LogP contribution in [-0.2, 0) is 18.4 Å². The lowest BCUT2D eigenvalue weighted by Gasteiger charge is -2.14. The van der Waals surface area contributed by atoms with Gasteiger partial charge in [0, 0.05) is 25.4 Å². The number of aromatic nitrogens is 2. The number of aliphatic hydroxyl groups is 1. The molecule has 7 heteroatoms. The number of aliphatic hydroxyl groups excluding tert-OH is 1. The number of aryl methyl sites for hydroxylation is 1. The highest BCUT2D eigenvalue weighted by Gasteiger charge is 2.11. The number of hydrogen-bond donors (Lipinski definition) is 3. The number of ether oxygens (including phenoxy) is 1. The van der Waals surface area contributed by atoms with Gasteiger partial charge in [0.05, 0.1) is 18.8 Å². The van der Waals surface area contributed by atoms with Gasteiger partial charge >= 0.3 is 6.09 Å². The molecule has 0 bridgehead atoms. The lowest BCUT2D eigenvalue weighted by molar-refractivity contribution is 0.139. The second-order valence-corrected chi connectivity index (χ2v) is 5.48. The molecule has 0 aliphatic heterocycles. The third-order valence-corrected chi connectivity index (χ3v) is 3.54. The van der Waals surface area contributed by atoms with Gasteiger partial charge in [-0.25, -0.2) is 4.79 Å². The van der Waals surface area contributed by atoms with Crippen molar-refractivity contribution in [2.24, 2.45) is 7.05 Å². The molecule has 0 unspecified atom stereocenters. The molecule has 0 saturated heterocycles. The Hall–Kier alpha value is -2.38. The minimum atomic E-state index is -0.426. The molecule has 130 valence electrons. The van der Waals surface area contributed by atoms with E-state index in [4.69, 9.17) is 4.74 Å². The lowest BCUT2D eigenvalue weighted by Crippen LogP contribution is -2.30. The Morgan fingerprint density at radius 3 is 2.79 bits per heavy atom. The van der Waals surface area contributed by atoms with Crippen molar-refractivity contribution in [2.45, 2.75) is 19.1 Å². The Morgan fingerprint density at radius 1 is 1.33 bits per heavy atom.